The summed E-state index contributed by atoms with van der Waals surface area (Å²) in [4.78, 5) is 0. The van der Waals surface area contributed by atoms with Crippen molar-refractivity contribution >= 4 is 0 Å². The molecule has 0 aliphatic rings. The van der Waals surface area contributed by atoms with Crippen molar-refractivity contribution in [1.29, 1.82) is 0 Å². The third-order valence-corrected chi connectivity index (χ3v) is 5.01. The van der Waals surface area contributed by atoms with E-state index in [0.29, 0.717) is 5.56 Å². The SMILES string of the molecule is CCCc1ccc(-c2ccc(CCCC(CO)CO)cc2CC)c(F)c1. The molecule has 0 saturated heterocycles. The fraction of sp³-hybridized carbons (Fsp3) is 0.478. The minimum atomic E-state index is -0.146. The molecule has 26 heavy (non-hydrogen) atoms. The van der Waals surface area contributed by atoms with Crippen LogP contribution in [-0.4, -0.2) is 23.4 Å². The summed E-state index contributed by atoms with van der Waals surface area (Å²) in [5.41, 5.74) is 5.08. The third-order valence-electron chi connectivity index (χ3n) is 5.01. The maximum Gasteiger partial charge on any atom is 0.131 e. The van der Waals surface area contributed by atoms with E-state index >= 15 is 0 Å². The Kier molecular flexibility index (Phi) is 8.27. The summed E-state index contributed by atoms with van der Waals surface area (Å²) in [7, 11) is 0. The zero-order valence-corrected chi connectivity index (χ0v) is 16.0. The number of halogens is 1. The second kappa shape index (κ2) is 10.4. The van der Waals surface area contributed by atoms with Gasteiger partial charge in [-0.3, -0.25) is 0 Å². The first-order chi connectivity index (χ1) is 12.6. The molecule has 0 bridgehead atoms. The average molecular weight is 358 g/mol. The van der Waals surface area contributed by atoms with E-state index in [1.54, 1.807) is 6.07 Å². The molecule has 0 amide bonds. The highest BCUT2D eigenvalue weighted by molar-refractivity contribution is 5.69. The predicted octanol–water partition coefficient (Wildman–Crippen LogP) is 4.93. The Morgan fingerprint density at radius 2 is 1.54 bits per heavy atom. The topological polar surface area (TPSA) is 40.5 Å². The van der Waals surface area contributed by atoms with Gasteiger partial charge in [0, 0.05) is 24.7 Å². The Labute approximate surface area is 156 Å². The summed E-state index contributed by atoms with van der Waals surface area (Å²) in [5.74, 6) is -0.178. The Bertz CT molecular complexity index is 693. The fourth-order valence-corrected chi connectivity index (χ4v) is 3.41. The molecule has 0 fully saturated rings. The molecule has 0 atom stereocenters. The van der Waals surface area contributed by atoms with Crippen LogP contribution in [0.1, 0.15) is 49.8 Å². The highest BCUT2D eigenvalue weighted by Gasteiger charge is 2.11. The highest BCUT2D eigenvalue weighted by atomic mass is 19.1. The molecule has 0 saturated carbocycles. The Morgan fingerprint density at radius 3 is 2.12 bits per heavy atom. The van der Waals surface area contributed by atoms with E-state index in [4.69, 9.17) is 10.2 Å². The van der Waals surface area contributed by atoms with E-state index < -0.39 is 0 Å². The number of benzene rings is 2. The van der Waals surface area contributed by atoms with Gasteiger partial charge >= 0.3 is 0 Å². The molecule has 142 valence electrons. The molecule has 2 aromatic rings. The van der Waals surface area contributed by atoms with Gasteiger partial charge in [0.25, 0.3) is 0 Å². The summed E-state index contributed by atoms with van der Waals surface area (Å²) in [6.07, 6.45) is 5.41. The molecule has 0 aliphatic heterocycles. The van der Waals surface area contributed by atoms with E-state index in [1.165, 1.54) is 5.56 Å². The van der Waals surface area contributed by atoms with Gasteiger partial charge in [-0.15, -0.1) is 0 Å². The van der Waals surface area contributed by atoms with Crippen LogP contribution >= 0.6 is 0 Å². The molecule has 0 unspecified atom stereocenters. The number of rotatable bonds is 10. The largest absolute Gasteiger partial charge is 0.396 e. The summed E-state index contributed by atoms with van der Waals surface area (Å²) < 4.78 is 14.6. The van der Waals surface area contributed by atoms with Crippen LogP contribution in [0.3, 0.4) is 0 Å². The zero-order chi connectivity index (χ0) is 18.9. The number of hydrogen-bond acceptors (Lipinski definition) is 2. The van der Waals surface area contributed by atoms with Crippen molar-refractivity contribution in [2.24, 2.45) is 5.92 Å². The summed E-state index contributed by atoms with van der Waals surface area (Å²) in [6.45, 7) is 4.26. The van der Waals surface area contributed by atoms with Crippen LogP contribution < -0.4 is 0 Å². The van der Waals surface area contributed by atoms with Crippen LogP contribution in [0.2, 0.25) is 0 Å². The second-order valence-electron chi connectivity index (χ2n) is 7.03. The Morgan fingerprint density at radius 1 is 0.885 bits per heavy atom. The summed E-state index contributed by atoms with van der Waals surface area (Å²) >= 11 is 0. The van der Waals surface area contributed by atoms with E-state index in [0.717, 1.165) is 55.2 Å². The van der Waals surface area contributed by atoms with E-state index in [9.17, 15) is 4.39 Å². The molecule has 2 aromatic carbocycles. The second-order valence-corrected chi connectivity index (χ2v) is 7.03. The van der Waals surface area contributed by atoms with Crippen LogP contribution in [0.4, 0.5) is 4.39 Å². The van der Waals surface area contributed by atoms with Crippen LogP contribution in [0.5, 0.6) is 0 Å². The van der Waals surface area contributed by atoms with Crippen molar-refractivity contribution in [2.45, 2.75) is 52.4 Å². The first-order valence-corrected chi connectivity index (χ1v) is 9.75. The third kappa shape index (κ3) is 5.39. The zero-order valence-electron chi connectivity index (χ0n) is 16.0. The molecular weight excluding hydrogens is 327 g/mol. The fourth-order valence-electron chi connectivity index (χ4n) is 3.41. The van der Waals surface area contributed by atoms with E-state index in [1.807, 2.05) is 18.2 Å². The monoisotopic (exact) mass is 358 g/mol. The van der Waals surface area contributed by atoms with Crippen molar-refractivity contribution < 1.29 is 14.6 Å². The maximum atomic E-state index is 14.6. The molecule has 0 aromatic heterocycles. The first-order valence-electron chi connectivity index (χ1n) is 9.75. The minimum absolute atomic E-state index is 0.0307. The van der Waals surface area contributed by atoms with Crippen molar-refractivity contribution in [2.75, 3.05) is 13.2 Å². The van der Waals surface area contributed by atoms with Crippen molar-refractivity contribution in [3.05, 3.63) is 58.9 Å². The number of aryl methyl sites for hydroxylation is 3. The van der Waals surface area contributed by atoms with Crippen LogP contribution in [-0.2, 0) is 19.3 Å². The maximum absolute atomic E-state index is 14.6. The van der Waals surface area contributed by atoms with Gasteiger partial charge in [0.05, 0.1) is 0 Å². The lowest BCUT2D eigenvalue weighted by molar-refractivity contribution is 0.142. The van der Waals surface area contributed by atoms with Crippen molar-refractivity contribution in [3.8, 4) is 11.1 Å². The standard InChI is InChI=1S/C23H31FO2/c1-3-6-17-10-12-22(23(24)14-17)21-11-9-18(13-20(21)4-2)7-5-8-19(15-25)16-26/h9-14,19,25-26H,3-8,15-16H2,1-2H3. The van der Waals surface area contributed by atoms with Gasteiger partial charge in [0.2, 0.25) is 0 Å². The summed E-state index contributed by atoms with van der Waals surface area (Å²) in [5, 5.41) is 18.3. The van der Waals surface area contributed by atoms with Gasteiger partial charge in [-0.1, -0.05) is 50.6 Å². The lowest BCUT2D eigenvalue weighted by Crippen LogP contribution is -2.11. The minimum Gasteiger partial charge on any atom is -0.396 e. The first kappa shape index (κ1) is 20.6. The summed E-state index contributed by atoms with van der Waals surface area (Å²) in [6, 6.07) is 11.9. The average Bonchev–Trinajstić information content (AvgIpc) is 2.66. The van der Waals surface area contributed by atoms with Gasteiger partial charge in [-0.2, -0.15) is 0 Å². The molecule has 0 spiro atoms. The van der Waals surface area contributed by atoms with E-state index in [2.05, 4.69) is 26.0 Å². The Hall–Kier alpha value is -1.71. The van der Waals surface area contributed by atoms with Gasteiger partial charge in [-0.25, -0.2) is 4.39 Å². The van der Waals surface area contributed by atoms with Crippen LogP contribution in [0, 0.1) is 11.7 Å². The van der Waals surface area contributed by atoms with E-state index in [-0.39, 0.29) is 24.9 Å². The van der Waals surface area contributed by atoms with Crippen LogP contribution in [0.15, 0.2) is 36.4 Å². The quantitative estimate of drug-likeness (QED) is 0.632. The molecular formula is C23H31FO2. The normalized spacial score (nSPS) is 11.3. The van der Waals surface area contributed by atoms with Crippen molar-refractivity contribution in [3.63, 3.8) is 0 Å². The molecule has 3 heteroatoms. The number of aliphatic hydroxyl groups is 2. The van der Waals surface area contributed by atoms with Gasteiger partial charge in [0.1, 0.15) is 5.82 Å². The molecule has 0 heterocycles. The molecule has 0 aliphatic carbocycles. The number of aliphatic hydroxyl groups excluding tert-OH is 2. The molecule has 2 N–H and O–H groups in total. The van der Waals surface area contributed by atoms with Crippen molar-refractivity contribution in [1.82, 2.24) is 0 Å². The van der Waals surface area contributed by atoms with Gasteiger partial charge in [0.15, 0.2) is 0 Å². The highest BCUT2D eigenvalue weighted by Crippen LogP contribution is 2.29. The number of hydrogen-bond donors (Lipinski definition) is 2. The smallest absolute Gasteiger partial charge is 0.131 e. The molecule has 2 nitrogen and oxygen atoms in total. The van der Waals surface area contributed by atoms with Crippen LogP contribution in [0.25, 0.3) is 11.1 Å². The Balaban J connectivity index is 2.16. The van der Waals surface area contributed by atoms with Gasteiger partial charge < -0.3 is 10.2 Å². The lowest BCUT2D eigenvalue weighted by Gasteiger charge is -2.14. The van der Waals surface area contributed by atoms with Gasteiger partial charge in [-0.05, 0) is 60.4 Å². The predicted molar refractivity (Wildman–Crippen MR) is 106 cm³/mol. The lowest BCUT2D eigenvalue weighted by atomic mass is 9.92. The molecule has 2 rings (SSSR count). The molecule has 0 radical (unpaired) electrons.